The molecule has 0 spiro atoms. The highest BCUT2D eigenvalue weighted by Gasteiger charge is 2.72. The van der Waals surface area contributed by atoms with Crippen molar-refractivity contribution in [1.29, 1.82) is 5.26 Å². The largest absolute Gasteiger partial charge is 0.457 e. The van der Waals surface area contributed by atoms with Crippen molar-refractivity contribution in [2.24, 2.45) is 11.3 Å². The number of nitriles is 1. The Kier molecular flexibility index (Phi) is 2.85. The van der Waals surface area contributed by atoms with E-state index in [0.717, 1.165) is 0 Å². The summed E-state index contributed by atoms with van der Waals surface area (Å²) in [6.07, 6.45) is -0.00788. The highest BCUT2D eigenvalue weighted by atomic mass is 32.2. The zero-order chi connectivity index (χ0) is 14.7. The number of nitrogens with zero attached hydrogens (tertiary/aromatic N) is 1. The van der Waals surface area contributed by atoms with Crippen molar-refractivity contribution >= 4 is 23.7 Å². The molecular weight excluding hydrogens is 278 g/mol. The fraction of sp³-hybridized carbons (Fsp3) is 0.786. The van der Waals surface area contributed by atoms with Gasteiger partial charge in [-0.2, -0.15) is 5.26 Å². The number of esters is 2. The third-order valence-electron chi connectivity index (χ3n) is 4.76. The molecule has 3 heterocycles. The second kappa shape index (κ2) is 4.14. The van der Waals surface area contributed by atoms with Gasteiger partial charge >= 0.3 is 11.9 Å². The standard InChI is InChI=1S/C14H17NO4S/c1-4-13(2,3)12(17)19-10-8-9-7(11(16)18-8)5-14(10,6-15)20-9/h7-10H,4-5H2,1-3H3. The van der Waals surface area contributed by atoms with Crippen molar-refractivity contribution < 1.29 is 19.1 Å². The monoisotopic (exact) mass is 295 g/mol. The zero-order valence-electron chi connectivity index (χ0n) is 11.7. The first kappa shape index (κ1) is 13.7. The molecular formula is C14H17NO4S. The molecule has 0 aromatic heterocycles. The SMILES string of the molecule is CCC(C)(C)C(=O)OC1C2OC(=O)C3CC1(C#N)SC32. The molecule has 6 heteroatoms. The average Bonchev–Trinajstić information content (AvgIpc) is 3.00. The first-order chi connectivity index (χ1) is 9.34. The van der Waals surface area contributed by atoms with Crippen LogP contribution in [0.3, 0.4) is 0 Å². The van der Waals surface area contributed by atoms with Crippen LogP contribution >= 0.6 is 11.8 Å². The van der Waals surface area contributed by atoms with E-state index in [1.807, 2.05) is 20.8 Å². The molecule has 0 aromatic carbocycles. The molecule has 0 saturated carbocycles. The molecule has 5 nitrogen and oxygen atoms in total. The molecule has 20 heavy (non-hydrogen) atoms. The topological polar surface area (TPSA) is 76.4 Å². The lowest BCUT2D eigenvalue weighted by Gasteiger charge is -2.32. The first-order valence-corrected chi connectivity index (χ1v) is 7.73. The molecule has 0 aliphatic carbocycles. The van der Waals surface area contributed by atoms with Crippen molar-refractivity contribution in [2.45, 2.75) is 55.8 Å². The fourth-order valence-corrected chi connectivity index (χ4v) is 4.85. The normalized spacial score (nSPS) is 41.4. The summed E-state index contributed by atoms with van der Waals surface area (Å²) in [6, 6.07) is 2.27. The van der Waals surface area contributed by atoms with Gasteiger partial charge in [0, 0.05) is 0 Å². The molecule has 108 valence electrons. The van der Waals surface area contributed by atoms with Crippen LogP contribution in [0.2, 0.25) is 0 Å². The zero-order valence-corrected chi connectivity index (χ0v) is 12.5. The minimum absolute atomic E-state index is 0.0373. The summed E-state index contributed by atoms with van der Waals surface area (Å²) in [5, 5.41) is 9.47. The molecule has 0 radical (unpaired) electrons. The maximum absolute atomic E-state index is 12.3. The lowest BCUT2D eigenvalue weighted by atomic mass is 9.80. The van der Waals surface area contributed by atoms with Crippen LogP contribution in [0.5, 0.6) is 0 Å². The fourth-order valence-electron chi connectivity index (χ4n) is 3.02. The van der Waals surface area contributed by atoms with E-state index in [4.69, 9.17) is 9.47 Å². The van der Waals surface area contributed by atoms with Gasteiger partial charge < -0.3 is 9.47 Å². The van der Waals surface area contributed by atoms with Crippen LogP contribution in [0.15, 0.2) is 0 Å². The first-order valence-electron chi connectivity index (χ1n) is 6.85. The van der Waals surface area contributed by atoms with E-state index in [1.165, 1.54) is 11.8 Å². The van der Waals surface area contributed by atoms with Crippen molar-refractivity contribution in [3.8, 4) is 6.07 Å². The average molecular weight is 295 g/mol. The van der Waals surface area contributed by atoms with E-state index < -0.39 is 22.4 Å². The summed E-state index contributed by atoms with van der Waals surface area (Å²) < 4.78 is 10.1. The maximum atomic E-state index is 12.3. The van der Waals surface area contributed by atoms with E-state index in [-0.39, 0.29) is 23.1 Å². The summed E-state index contributed by atoms with van der Waals surface area (Å²) in [4.78, 5) is 24.0. The Hall–Kier alpha value is -1.22. The van der Waals surface area contributed by atoms with Gasteiger partial charge in [-0.1, -0.05) is 6.92 Å². The van der Waals surface area contributed by atoms with Crippen molar-refractivity contribution in [2.75, 3.05) is 0 Å². The van der Waals surface area contributed by atoms with Gasteiger partial charge in [-0.05, 0) is 26.7 Å². The van der Waals surface area contributed by atoms with Crippen molar-refractivity contribution in [3.63, 3.8) is 0 Å². The number of carbonyl (C=O) groups excluding carboxylic acids is 2. The number of hydrogen-bond acceptors (Lipinski definition) is 6. The van der Waals surface area contributed by atoms with Crippen LogP contribution in [-0.2, 0) is 19.1 Å². The van der Waals surface area contributed by atoms with Gasteiger partial charge in [-0.25, -0.2) is 0 Å². The summed E-state index contributed by atoms with van der Waals surface area (Å²) in [7, 11) is 0. The molecule has 0 amide bonds. The molecule has 3 fully saturated rings. The Morgan fingerprint density at radius 3 is 2.95 bits per heavy atom. The summed E-state index contributed by atoms with van der Waals surface area (Å²) in [5.74, 6) is -0.788. The highest BCUT2D eigenvalue weighted by molar-refractivity contribution is 8.02. The minimum atomic E-state index is -0.814. The van der Waals surface area contributed by atoms with E-state index in [2.05, 4.69) is 6.07 Å². The predicted molar refractivity (Wildman–Crippen MR) is 71.7 cm³/mol. The van der Waals surface area contributed by atoms with Gasteiger partial charge in [0.25, 0.3) is 0 Å². The number of hydrogen-bond donors (Lipinski definition) is 0. The van der Waals surface area contributed by atoms with E-state index in [0.29, 0.717) is 12.8 Å². The lowest BCUT2D eigenvalue weighted by molar-refractivity contribution is -0.169. The van der Waals surface area contributed by atoms with Gasteiger partial charge in [0.05, 0.1) is 22.7 Å². The van der Waals surface area contributed by atoms with Crippen LogP contribution in [-0.4, -0.2) is 34.1 Å². The van der Waals surface area contributed by atoms with Gasteiger partial charge in [-0.3, -0.25) is 9.59 Å². The summed E-state index contributed by atoms with van der Waals surface area (Å²) >= 11 is 1.45. The van der Waals surface area contributed by atoms with Gasteiger partial charge in [0.2, 0.25) is 0 Å². The molecule has 2 bridgehead atoms. The molecule has 0 N–H and O–H groups in total. The maximum Gasteiger partial charge on any atom is 0.311 e. The number of thioether (sulfide) groups is 1. The van der Waals surface area contributed by atoms with E-state index in [9.17, 15) is 14.9 Å². The Labute approximate surface area is 122 Å². The number of carbonyl (C=O) groups is 2. The minimum Gasteiger partial charge on any atom is -0.457 e. The Balaban J connectivity index is 1.86. The molecule has 3 aliphatic rings. The molecule has 5 unspecified atom stereocenters. The highest BCUT2D eigenvalue weighted by Crippen LogP contribution is 2.62. The molecule has 0 aromatic rings. The second-order valence-electron chi connectivity index (χ2n) is 6.36. The van der Waals surface area contributed by atoms with Gasteiger partial charge in [0.15, 0.2) is 12.2 Å². The Bertz CT molecular complexity index is 526. The smallest absolute Gasteiger partial charge is 0.311 e. The van der Waals surface area contributed by atoms with E-state index in [1.54, 1.807) is 0 Å². The molecule has 3 rings (SSSR count). The Morgan fingerprint density at radius 1 is 1.65 bits per heavy atom. The van der Waals surface area contributed by atoms with E-state index >= 15 is 0 Å². The third-order valence-corrected chi connectivity index (χ3v) is 6.54. The van der Waals surface area contributed by atoms with Crippen LogP contribution in [0.1, 0.15) is 33.6 Å². The van der Waals surface area contributed by atoms with Crippen LogP contribution in [0, 0.1) is 22.7 Å². The van der Waals surface area contributed by atoms with Gasteiger partial charge in [0.1, 0.15) is 4.75 Å². The molecule has 5 atom stereocenters. The molecule has 3 aliphatic heterocycles. The number of fused-ring (bicyclic) bond motifs is 1. The van der Waals surface area contributed by atoms with Crippen LogP contribution in [0.25, 0.3) is 0 Å². The summed E-state index contributed by atoms with van der Waals surface area (Å²) in [6.45, 7) is 5.55. The lowest BCUT2D eigenvalue weighted by Crippen LogP contribution is -2.48. The van der Waals surface area contributed by atoms with Crippen molar-refractivity contribution in [1.82, 2.24) is 0 Å². The summed E-state index contributed by atoms with van der Waals surface area (Å²) in [5.41, 5.74) is -0.592. The third kappa shape index (κ3) is 1.62. The van der Waals surface area contributed by atoms with Crippen molar-refractivity contribution in [3.05, 3.63) is 0 Å². The predicted octanol–water partition coefficient (Wildman–Crippen LogP) is 1.66. The second-order valence-corrected chi connectivity index (χ2v) is 7.87. The van der Waals surface area contributed by atoms with Crippen LogP contribution in [0.4, 0.5) is 0 Å². The number of rotatable bonds is 3. The van der Waals surface area contributed by atoms with Gasteiger partial charge in [-0.15, -0.1) is 11.8 Å². The number of ether oxygens (including phenoxy) is 2. The Morgan fingerprint density at radius 2 is 2.35 bits per heavy atom. The quantitative estimate of drug-likeness (QED) is 0.737. The van der Waals surface area contributed by atoms with Crippen LogP contribution < -0.4 is 0 Å². The molecule has 3 saturated heterocycles.